The van der Waals surface area contributed by atoms with Crippen molar-refractivity contribution in [2.24, 2.45) is 0 Å². The van der Waals surface area contributed by atoms with Crippen LogP contribution in [0.15, 0.2) is 510 Å². The first-order chi connectivity index (χ1) is 77.9. The van der Waals surface area contributed by atoms with E-state index in [4.69, 9.17) is 35.2 Å². The van der Waals surface area contributed by atoms with Crippen LogP contribution in [0.3, 0.4) is 0 Å². The summed E-state index contributed by atoms with van der Waals surface area (Å²) in [7, 11) is 0. The van der Waals surface area contributed by atoms with Crippen LogP contribution in [0.4, 0.5) is 0 Å². The molecule has 0 aliphatic heterocycles. The van der Waals surface area contributed by atoms with Crippen molar-refractivity contribution in [2.75, 3.05) is 0 Å². The van der Waals surface area contributed by atoms with E-state index in [0.717, 1.165) is 142 Å². The van der Waals surface area contributed by atoms with Crippen molar-refractivity contribution in [3.63, 3.8) is 0 Å². The SMILES string of the molecule is [2H]c1c([2H])c([2H])c2c(-c3ccc(-c4ccc5oc6cc7ccccc7cc6c5c4)cc3)c3c([2H])c([2H])c([2H])c([2H])c3c(-c3ccccc3)c2c1[2H].[2H]c1c([2H])c([2H])c2c(-c3ccc4oc5cc6ccccc6cc5c4c3)c3c([2H])c([2H])c([2H])c([2H])c3c(-c3ccc(-c4cccc5ccccc45)cc3)c2c1[2H].[2H]c1c([2H])c([2H])c2c(-c3cccc4ccccc34)c3c([2H])c([2H])c([2H])c([2H])c3c(-c3ccc(-c4ccc5oc6cc7ccccc7cc6c5c4)cc3)c2c1[2H]. The first-order valence-corrected chi connectivity index (χ1v) is 45.2. The third-order valence-corrected chi connectivity index (χ3v) is 26.8. The monoisotopic (exact) mass is 1760 g/mol. The molecule has 0 amide bonds. The number of fused-ring (bicyclic) bond motifs is 20. The van der Waals surface area contributed by atoms with Crippen molar-refractivity contribution in [3.8, 4) is 100 Å². The van der Waals surface area contributed by atoms with E-state index in [1.807, 2.05) is 237 Å². The summed E-state index contributed by atoms with van der Waals surface area (Å²) >= 11 is 0. The van der Waals surface area contributed by atoms with Gasteiger partial charge in [0, 0.05) is 32.3 Å². The van der Waals surface area contributed by atoms with Crippen molar-refractivity contribution < 1.29 is 46.1 Å². The van der Waals surface area contributed by atoms with Crippen molar-refractivity contribution in [1.82, 2.24) is 0 Å². The van der Waals surface area contributed by atoms with Crippen LogP contribution in [-0.4, -0.2) is 0 Å². The van der Waals surface area contributed by atoms with E-state index in [-0.39, 0.29) is 137 Å². The topological polar surface area (TPSA) is 39.4 Å². The summed E-state index contributed by atoms with van der Waals surface area (Å²) in [5.74, 6) is 0. The van der Waals surface area contributed by atoms with E-state index in [1.165, 1.54) is 0 Å². The molecule has 0 unspecified atom stereocenters. The Bertz CT molecular complexity index is 11300. The Kier molecular flexibility index (Phi) is 13.7. The molecular weight excluding hydrogens is 1660 g/mol. The average molecular weight is 1760 g/mol. The number of benzene rings is 26. The molecule has 0 aliphatic rings. The predicted octanol–water partition coefficient (Wildman–Crippen LogP) is 38.4. The fraction of sp³-hybridized carbons (Fsp3) is 0. The van der Waals surface area contributed by atoms with Crippen LogP contribution in [0.25, 0.3) is 284 Å². The Morgan fingerprint density at radius 2 is 0.350 bits per heavy atom. The smallest absolute Gasteiger partial charge is 0.136 e. The fourth-order valence-electron chi connectivity index (χ4n) is 20.5. The second-order valence-electron chi connectivity index (χ2n) is 34.4. The van der Waals surface area contributed by atoms with Crippen molar-refractivity contribution in [3.05, 3.63) is 497 Å². The lowest BCUT2D eigenvalue weighted by molar-refractivity contribution is 0.669. The van der Waals surface area contributed by atoms with Crippen molar-refractivity contribution in [1.29, 1.82) is 0 Å². The van der Waals surface area contributed by atoms with Gasteiger partial charge in [0.15, 0.2) is 0 Å². The summed E-state index contributed by atoms with van der Waals surface area (Å²) < 4.78 is 234. The molecule has 0 saturated heterocycles. The predicted molar refractivity (Wildman–Crippen MR) is 583 cm³/mol. The van der Waals surface area contributed by atoms with Crippen molar-refractivity contribution in [2.45, 2.75) is 0 Å². The molecule has 29 rings (SSSR count). The Hall–Kier alpha value is -18.0. The quantitative estimate of drug-likeness (QED) is 0.135. The molecule has 0 aliphatic carbocycles. The van der Waals surface area contributed by atoms with Crippen LogP contribution >= 0.6 is 0 Å². The van der Waals surface area contributed by atoms with Gasteiger partial charge < -0.3 is 13.3 Å². The van der Waals surface area contributed by atoms with E-state index in [0.29, 0.717) is 77.9 Å². The van der Waals surface area contributed by atoms with E-state index >= 15 is 0 Å². The van der Waals surface area contributed by atoms with Gasteiger partial charge in [0.1, 0.15) is 33.5 Å². The highest BCUT2D eigenvalue weighted by molar-refractivity contribution is 6.27. The van der Waals surface area contributed by atoms with Gasteiger partial charge in [-0.05, 0) is 291 Å². The number of hydrogen-bond acceptors (Lipinski definition) is 3. The molecule has 3 heterocycles. The summed E-state index contributed by atoms with van der Waals surface area (Å²) in [5.41, 5.74) is 15.5. The Morgan fingerprint density at radius 3 is 0.693 bits per heavy atom. The molecule has 3 nitrogen and oxygen atoms in total. The molecule has 0 fully saturated rings. The Balaban J connectivity index is 0.000000116. The standard InChI is InChI=1S/2C46H28O.C42H26O/c1-2-12-33-28-44-42(26-32(33)11-1)41-27-34(24-25-43(41)47-44)29-20-22-31(23-21-29)45-37-15-5-7-17-39(37)46(40-18-8-6-16-38(40)45)36-19-9-13-30-10-3-4-14-35(30)36;1-2-12-33-28-44-42(26-32(33)11-1)41-27-34(24-25-43(41)47-44)46-39-17-7-5-15-37(39)45(38-16-6-8-18-40(38)46)31-22-20-30(21-23-31)36-19-9-13-29-10-3-4-14-35(29)36;1-2-10-28(11-3-1)41-33-14-6-8-16-35(33)42(36-17-9-7-15-34(36)41)29-20-18-27(19-21-29)32-22-23-39-37(25-32)38-24-30-12-4-5-13-31(30)26-40(38)43-39/h2*1-28H;1-26H/i2*5D,6D,7D,8D,15D,16D,17D,18D;6D,7D,8D,9D,14D,15D,16D,17D. The zero-order chi connectivity index (χ0) is 111. The Labute approximate surface area is 823 Å². The van der Waals surface area contributed by atoms with Gasteiger partial charge in [-0.25, -0.2) is 0 Å². The molecule has 0 bridgehead atoms. The average Bonchev–Trinajstić information content (AvgIpc) is 1.49. The largest absolute Gasteiger partial charge is 0.456 e. The van der Waals surface area contributed by atoms with E-state index in [9.17, 15) is 11.0 Å². The van der Waals surface area contributed by atoms with Crippen LogP contribution in [0, 0.1) is 0 Å². The molecule has 0 saturated carbocycles. The minimum Gasteiger partial charge on any atom is -0.456 e. The lowest BCUT2D eigenvalue weighted by atomic mass is 9.84. The zero-order valence-corrected chi connectivity index (χ0v) is 72.7. The Morgan fingerprint density at radius 1 is 0.124 bits per heavy atom. The van der Waals surface area contributed by atoms with E-state index < -0.39 is 72.5 Å². The lowest BCUT2D eigenvalue weighted by Crippen LogP contribution is -1.91. The summed E-state index contributed by atoms with van der Waals surface area (Å²) in [6.45, 7) is 0. The molecule has 29 aromatic rings. The fourth-order valence-corrected chi connectivity index (χ4v) is 20.5. The number of hydrogen-bond donors (Lipinski definition) is 0. The van der Waals surface area contributed by atoms with Gasteiger partial charge in [0.2, 0.25) is 0 Å². The normalized spacial score (nSPS) is 14.2. The van der Waals surface area contributed by atoms with Gasteiger partial charge in [-0.15, -0.1) is 0 Å². The highest BCUT2D eigenvalue weighted by Gasteiger charge is 2.24. The second-order valence-corrected chi connectivity index (χ2v) is 34.4. The highest BCUT2D eigenvalue weighted by Crippen LogP contribution is 2.51. The van der Waals surface area contributed by atoms with Gasteiger partial charge in [-0.1, -0.05) is 424 Å². The molecule has 0 atom stereocenters. The number of rotatable bonds is 9. The summed E-state index contributed by atoms with van der Waals surface area (Å²) in [6, 6.07) is 105. The maximum atomic E-state index is 9.35. The van der Waals surface area contributed by atoms with Crippen LogP contribution < -0.4 is 0 Å². The second kappa shape index (κ2) is 32.5. The third kappa shape index (κ3) is 13.4. The van der Waals surface area contributed by atoms with E-state index in [1.54, 1.807) is 30.3 Å². The molecule has 0 spiro atoms. The maximum absolute atomic E-state index is 9.35. The van der Waals surface area contributed by atoms with Crippen LogP contribution in [0.1, 0.15) is 32.9 Å². The molecule has 3 aromatic heterocycles. The molecule has 0 radical (unpaired) electrons. The number of furan rings is 3. The molecule has 0 N–H and O–H groups in total. The van der Waals surface area contributed by atoms with Gasteiger partial charge in [-0.3, -0.25) is 0 Å². The lowest BCUT2D eigenvalue weighted by Gasteiger charge is -2.19. The van der Waals surface area contributed by atoms with Gasteiger partial charge in [0.05, 0.1) is 32.9 Å². The van der Waals surface area contributed by atoms with Gasteiger partial charge >= 0.3 is 0 Å². The molecular formula is C134H82O3. The third-order valence-electron chi connectivity index (χ3n) is 26.8. The van der Waals surface area contributed by atoms with Gasteiger partial charge in [-0.2, -0.15) is 0 Å². The minimum absolute atomic E-state index is 0.175. The molecule has 636 valence electrons. The minimum atomic E-state index is -0.433. The summed E-state index contributed by atoms with van der Waals surface area (Å²) in [6.07, 6.45) is 0. The van der Waals surface area contributed by atoms with E-state index in [2.05, 4.69) is 84.9 Å². The molecule has 3 heteroatoms. The summed E-state index contributed by atoms with van der Waals surface area (Å²) in [4.78, 5) is 0. The maximum Gasteiger partial charge on any atom is 0.136 e. The molecule has 26 aromatic carbocycles. The first-order valence-electron chi connectivity index (χ1n) is 57.2. The first kappa shape index (κ1) is 58.0. The van der Waals surface area contributed by atoms with Crippen molar-refractivity contribution >= 4 is 184 Å². The van der Waals surface area contributed by atoms with Crippen LogP contribution in [0.2, 0.25) is 0 Å². The summed E-state index contributed by atoms with van der Waals surface area (Å²) in [5, 5.41) is 18.3. The zero-order valence-electron chi connectivity index (χ0n) is 96.7. The van der Waals surface area contributed by atoms with Gasteiger partial charge in [0.25, 0.3) is 0 Å². The van der Waals surface area contributed by atoms with Crippen LogP contribution in [-0.2, 0) is 0 Å². The highest BCUT2D eigenvalue weighted by atomic mass is 16.3. The van der Waals surface area contributed by atoms with Crippen LogP contribution in [0.5, 0.6) is 0 Å². The molecule has 137 heavy (non-hydrogen) atoms.